The Hall–Kier alpha value is -3.86. The molecule has 5 heteroatoms. The lowest BCUT2D eigenvalue weighted by molar-refractivity contribution is -0.136. The molecule has 1 heterocycles. The molecular formula is C27H24O5. The average molecular weight is 428 g/mol. The molecule has 0 spiro atoms. The summed E-state index contributed by atoms with van der Waals surface area (Å²) in [6.07, 6.45) is 0.0355. The van der Waals surface area contributed by atoms with E-state index in [0.717, 1.165) is 33.2 Å². The Kier molecular flexibility index (Phi) is 6.08. The minimum Gasteiger partial charge on any atom is -0.488 e. The lowest BCUT2D eigenvalue weighted by Gasteiger charge is -2.13. The van der Waals surface area contributed by atoms with Crippen LogP contribution in [-0.2, 0) is 17.8 Å². The van der Waals surface area contributed by atoms with Crippen molar-refractivity contribution in [3.63, 3.8) is 0 Å². The van der Waals surface area contributed by atoms with Crippen LogP contribution in [0, 0.1) is 13.8 Å². The Morgan fingerprint density at radius 1 is 0.938 bits per heavy atom. The summed E-state index contributed by atoms with van der Waals surface area (Å²) < 4.78 is 11.6. The first kappa shape index (κ1) is 21.4. The van der Waals surface area contributed by atoms with Crippen molar-refractivity contribution in [2.24, 2.45) is 0 Å². The molecule has 3 aromatic carbocycles. The Bertz CT molecular complexity index is 1340. The van der Waals surface area contributed by atoms with Crippen molar-refractivity contribution < 1.29 is 19.1 Å². The van der Waals surface area contributed by atoms with E-state index in [-0.39, 0.29) is 12.8 Å². The minimum atomic E-state index is -0.944. The maximum absolute atomic E-state index is 12.5. The first-order valence-corrected chi connectivity index (χ1v) is 10.5. The molecule has 0 aliphatic carbocycles. The molecule has 0 atom stereocenters. The Morgan fingerprint density at radius 2 is 1.69 bits per heavy atom. The van der Waals surface area contributed by atoms with E-state index in [1.165, 1.54) is 0 Å². The topological polar surface area (TPSA) is 76.7 Å². The van der Waals surface area contributed by atoms with Gasteiger partial charge in [-0.2, -0.15) is 0 Å². The molecule has 0 saturated carbocycles. The fourth-order valence-corrected chi connectivity index (χ4v) is 3.88. The quantitative estimate of drug-likeness (QED) is 0.384. The van der Waals surface area contributed by atoms with Gasteiger partial charge in [0.15, 0.2) is 0 Å². The van der Waals surface area contributed by atoms with Gasteiger partial charge in [0.2, 0.25) is 0 Å². The number of ether oxygens (including phenoxy) is 1. The van der Waals surface area contributed by atoms with Crippen molar-refractivity contribution in [2.45, 2.75) is 33.3 Å². The molecule has 5 nitrogen and oxygen atoms in total. The van der Waals surface area contributed by atoms with Crippen molar-refractivity contribution in [1.82, 2.24) is 0 Å². The first-order valence-electron chi connectivity index (χ1n) is 10.5. The Morgan fingerprint density at radius 3 is 2.44 bits per heavy atom. The van der Waals surface area contributed by atoms with Crippen LogP contribution in [0.2, 0.25) is 0 Å². The predicted octanol–water partition coefficient (Wildman–Crippen LogP) is 5.67. The maximum atomic E-state index is 12.5. The molecule has 0 fully saturated rings. The Labute approximate surface area is 185 Å². The van der Waals surface area contributed by atoms with Crippen LogP contribution in [0.15, 0.2) is 75.9 Å². The fourth-order valence-electron chi connectivity index (χ4n) is 3.88. The molecule has 0 unspecified atom stereocenters. The van der Waals surface area contributed by atoms with Gasteiger partial charge in [-0.1, -0.05) is 48.5 Å². The summed E-state index contributed by atoms with van der Waals surface area (Å²) in [5.41, 5.74) is 5.19. The lowest BCUT2D eigenvalue weighted by Crippen LogP contribution is -2.12. The maximum Gasteiger partial charge on any atom is 0.339 e. The summed E-state index contributed by atoms with van der Waals surface area (Å²) in [4.78, 5) is 23.4. The van der Waals surface area contributed by atoms with Crippen molar-refractivity contribution in [1.29, 1.82) is 0 Å². The number of fused-ring (bicyclic) bond motifs is 1. The van der Waals surface area contributed by atoms with Crippen molar-refractivity contribution in [3.05, 3.63) is 99.4 Å². The van der Waals surface area contributed by atoms with Crippen molar-refractivity contribution >= 4 is 16.9 Å². The third kappa shape index (κ3) is 4.42. The van der Waals surface area contributed by atoms with Gasteiger partial charge in [0.1, 0.15) is 17.9 Å². The van der Waals surface area contributed by atoms with Gasteiger partial charge in [-0.15, -0.1) is 0 Å². The monoisotopic (exact) mass is 428 g/mol. The van der Waals surface area contributed by atoms with Crippen LogP contribution in [0.5, 0.6) is 5.75 Å². The van der Waals surface area contributed by atoms with E-state index in [2.05, 4.69) is 24.3 Å². The smallest absolute Gasteiger partial charge is 0.339 e. The second-order valence-corrected chi connectivity index (χ2v) is 7.81. The fraction of sp³-hybridized carbons (Fsp3) is 0.185. The lowest BCUT2D eigenvalue weighted by atomic mass is 10.0. The molecule has 0 aliphatic heterocycles. The van der Waals surface area contributed by atoms with Crippen LogP contribution in [0.25, 0.3) is 22.1 Å². The van der Waals surface area contributed by atoms with Crippen LogP contribution in [0.3, 0.4) is 0 Å². The van der Waals surface area contributed by atoms with Gasteiger partial charge in [-0.25, -0.2) is 4.79 Å². The number of carbonyl (C=O) groups is 1. The number of aliphatic carboxylic acids is 1. The summed E-state index contributed by atoms with van der Waals surface area (Å²) in [6, 6.07) is 22.1. The van der Waals surface area contributed by atoms with E-state index in [4.69, 9.17) is 14.3 Å². The average Bonchev–Trinajstić information content (AvgIpc) is 2.79. The number of aryl methyl sites for hydroxylation is 2. The summed E-state index contributed by atoms with van der Waals surface area (Å²) in [7, 11) is 0. The molecule has 0 bridgehead atoms. The van der Waals surface area contributed by atoms with Crippen LogP contribution < -0.4 is 10.4 Å². The molecule has 1 N–H and O–H groups in total. The van der Waals surface area contributed by atoms with Crippen molar-refractivity contribution in [2.75, 3.05) is 0 Å². The highest BCUT2D eigenvalue weighted by Crippen LogP contribution is 2.30. The first-order chi connectivity index (χ1) is 15.4. The molecular weight excluding hydrogens is 404 g/mol. The number of carboxylic acids is 1. The second kappa shape index (κ2) is 9.10. The SMILES string of the molecule is Cc1c(CCC(=O)O)c(=O)oc2c(C)c(OCc3cccc(-c4ccccc4)c3)ccc12. The third-order valence-electron chi connectivity index (χ3n) is 5.67. The van der Waals surface area contributed by atoms with E-state index in [1.807, 2.05) is 56.3 Å². The van der Waals surface area contributed by atoms with Crippen LogP contribution in [0.4, 0.5) is 0 Å². The van der Waals surface area contributed by atoms with Crippen LogP contribution in [0.1, 0.15) is 28.7 Å². The molecule has 0 aliphatic rings. The number of benzene rings is 3. The third-order valence-corrected chi connectivity index (χ3v) is 5.67. The van der Waals surface area contributed by atoms with E-state index < -0.39 is 11.6 Å². The summed E-state index contributed by atoms with van der Waals surface area (Å²) >= 11 is 0. The Balaban J connectivity index is 1.59. The van der Waals surface area contributed by atoms with E-state index in [0.29, 0.717) is 23.5 Å². The molecule has 0 amide bonds. The van der Waals surface area contributed by atoms with E-state index in [1.54, 1.807) is 0 Å². The molecule has 162 valence electrons. The zero-order valence-corrected chi connectivity index (χ0v) is 18.1. The van der Waals surface area contributed by atoms with E-state index in [9.17, 15) is 9.59 Å². The van der Waals surface area contributed by atoms with Crippen LogP contribution >= 0.6 is 0 Å². The van der Waals surface area contributed by atoms with Gasteiger partial charge in [0, 0.05) is 22.9 Å². The predicted molar refractivity (Wildman–Crippen MR) is 124 cm³/mol. The molecule has 4 rings (SSSR count). The molecule has 0 radical (unpaired) electrons. The second-order valence-electron chi connectivity index (χ2n) is 7.81. The molecule has 4 aromatic rings. The molecule has 0 saturated heterocycles. The van der Waals surface area contributed by atoms with Gasteiger partial charge in [0.25, 0.3) is 0 Å². The highest BCUT2D eigenvalue weighted by Gasteiger charge is 2.16. The largest absolute Gasteiger partial charge is 0.488 e. The number of carboxylic acid groups (broad SMARTS) is 1. The minimum absolute atomic E-state index is 0.112. The number of hydrogen-bond donors (Lipinski definition) is 1. The van der Waals surface area contributed by atoms with Gasteiger partial charge in [0.05, 0.1) is 0 Å². The van der Waals surface area contributed by atoms with Gasteiger partial charge in [-0.3, -0.25) is 4.79 Å². The standard InChI is InChI=1S/C27H24O5/c1-17-22-11-13-24(18(2)26(22)32-27(30)23(17)12-14-25(28)29)31-16-19-7-6-10-21(15-19)20-8-4-3-5-9-20/h3-11,13,15H,12,14,16H2,1-2H3,(H,28,29). The number of hydrogen-bond acceptors (Lipinski definition) is 4. The van der Waals surface area contributed by atoms with Crippen molar-refractivity contribution in [3.8, 4) is 16.9 Å². The van der Waals surface area contributed by atoms with Crippen LogP contribution in [-0.4, -0.2) is 11.1 Å². The highest BCUT2D eigenvalue weighted by atomic mass is 16.5. The zero-order valence-electron chi connectivity index (χ0n) is 18.1. The number of rotatable bonds is 7. The normalized spacial score (nSPS) is 10.9. The molecule has 1 aromatic heterocycles. The highest BCUT2D eigenvalue weighted by molar-refractivity contribution is 5.85. The summed E-state index contributed by atoms with van der Waals surface area (Å²) in [6.45, 7) is 4.07. The van der Waals surface area contributed by atoms with Gasteiger partial charge < -0.3 is 14.3 Å². The zero-order chi connectivity index (χ0) is 22.7. The molecule has 32 heavy (non-hydrogen) atoms. The van der Waals surface area contributed by atoms with E-state index >= 15 is 0 Å². The van der Waals surface area contributed by atoms with Gasteiger partial charge in [-0.05, 0) is 60.7 Å². The van der Waals surface area contributed by atoms with Gasteiger partial charge >= 0.3 is 11.6 Å². The summed E-state index contributed by atoms with van der Waals surface area (Å²) in [5.74, 6) is -0.302. The summed E-state index contributed by atoms with van der Waals surface area (Å²) in [5, 5.41) is 9.73.